The van der Waals surface area contributed by atoms with Crippen molar-refractivity contribution in [3.05, 3.63) is 57.6 Å². The second-order valence-corrected chi connectivity index (χ2v) is 9.40. The summed E-state index contributed by atoms with van der Waals surface area (Å²) in [4.78, 5) is 25.1. The fourth-order valence-electron chi connectivity index (χ4n) is 2.68. The molecule has 0 bridgehead atoms. The molecule has 0 aliphatic heterocycles. The van der Waals surface area contributed by atoms with Crippen molar-refractivity contribution >= 4 is 45.1 Å². The Hall–Kier alpha value is -2.65. The minimum atomic E-state index is -0.774. The van der Waals surface area contributed by atoms with Gasteiger partial charge in [0, 0.05) is 4.47 Å². The molecule has 33 heavy (non-hydrogen) atoms. The van der Waals surface area contributed by atoms with E-state index in [4.69, 9.17) is 21.7 Å². The molecule has 0 heterocycles. The lowest BCUT2D eigenvalue weighted by molar-refractivity contribution is -0.127. The Labute approximate surface area is 208 Å². The van der Waals surface area contributed by atoms with E-state index in [-0.39, 0.29) is 5.11 Å². The molecule has 2 amide bonds. The van der Waals surface area contributed by atoms with Crippen molar-refractivity contribution in [1.29, 1.82) is 0 Å². The highest BCUT2D eigenvalue weighted by atomic mass is 79.9. The monoisotopic (exact) mass is 535 g/mol. The Bertz CT molecular complexity index is 1010. The van der Waals surface area contributed by atoms with E-state index in [2.05, 4.69) is 45.9 Å². The summed E-state index contributed by atoms with van der Waals surface area (Å²) in [7, 11) is 0. The van der Waals surface area contributed by atoms with E-state index < -0.39 is 17.9 Å². The molecular weight excluding hydrogens is 506 g/mol. The number of hydrogen-bond acceptors (Lipinski definition) is 5. The molecule has 0 aliphatic rings. The van der Waals surface area contributed by atoms with Gasteiger partial charge >= 0.3 is 0 Å². The number of hydrazine groups is 1. The Balaban J connectivity index is 1.89. The third-order valence-corrected chi connectivity index (χ3v) is 5.52. The van der Waals surface area contributed by atoms with Crippen LogP contribution in [0.5, 0.6) is 11.5 Å². The molecule has 0 aliphatic carbocycles. The number of thiocarbonyl (C=S) groups is 1. The Morgan fingerprint density at radius 2 is 1.76 bits per heavy atom. The molecule has 0 aromatic heterocycles. The zero-order chi connectivity index (χ0) is 24.5. The van der Waals surface area contributed by atoms with Crippen LogP contribution in [0, 0.1) is 19.8 Å². The maximum absolute atomic E-state index is 12.7. The molecule has 2 aromatic carbocycles. The molecule has 1 unspecified atom stereocenters. The zero-order valence-electron chi connectivity index (χ0n) is 19.5. The van der Waals surface area contributed by atoms with Crippen molar-refractivity contribution in [2.24, 2.45) is 5.92 Å². The Morgan fingerprint density at radius 1 is 1.03 bits per heavy atom. The number of aryl methyl sites for hydroxylation is 2. The molecule has 2 aromatic rings. The summed E-state index contributed by atoms with van der Waals surface area (Å²) in [5.74, 6) is 0.640. The van der Waals surface area contributed by atoms with Gasteiger partial charge < -0.3 is 9.47 Å². The van der Waals surface area contributed by atoms with Crippen molar-refractivity contribution in [2.45, 2.75) is 47.1 Å². The minimum Gasteiger partial charge on any atom is -0.493 e. The standard InChI is InChI=1S/C24H30BrN3O4S/c1-14(2)10-11-31-21-9-7-18(25)13-20(21)23(30)26-24(33)28-27-22(29)17(5)32-19-8-6-15(3)16(4)12-19/h6-9,12-14,17H,10-11H2,1-5H3,(H,27,29)(H2,26,28,30,33). The summed E-state index contributed by atoms with van der Waals surface area (Å²) < 4.78 is 12.2. The van der Waals surface area contributed by atoms with Crippen molar-refractivity contribution in [2.75, 3.05) is 6.61 Å². The molecule has 0 saturated carbocycles. The van der Waals surface area contributed by atoms with Gasteiger partial charge in [-0.15, -0.1) is 0 Å². The van der Waals surface area contributed by atoms with Crippen LogP contribution >= 0.6 is 28.1 Å². The lowest BCUT2D eigenvalue weighted by Crippen LogP contribution is -2.51. The number of hydrogen-bond donors (Lipinski definition) is 3. The predicted molar refractivity (Wildman–Crippen MR) is 136 cm³/mol. The normalized spacial score (nSPS) is 11.5. The molecule has 2 rings (SSSR count). The fourth-order valence-corrected chi connectivity index (χ4v) is 3.18. The van der Waals surface area contributed by atoms with Crippen LogP contribution in [-0.4, -0.2) is 29.6 Å². The van der Waals surface area contributed by atoms with Crippen LogP contribution < -0.4 is 25.6 Å². The zero-order valence-corrected chi connectivity index (χ0v) is 21.9. The van der Waals surface area contributed by atoms with Crippen LogP contribution in [0.15, 0.2) is 40.9 Å². The molecule has 7 nitrogen and oxygen atoms in total. The quantitative estimate of drug-likeness (QED) is 0.338. The SMILES string of the molecule is Cc1ccc(OC(C)C(=O)NNC(=S)NC(=O)c2cc(Br)ccc2OCCC(C)C)cc1C. The number of nitrogens with one attached hydrogen (secondary N) is 3. The van der Waals surface area contributed by atoms with Crippen LogP contribution in [0.4, 0.5) is 0 Å². The highest BCUT2D eigenvalue weighted by molar-refractivity contribution is 9.10. The van der Waals surface area contributed by atoms with Gasteiger partial charge in [0.1, 0.15) is 11.5 Å². The van der Waals surface area contributed by atoms with Crippen LogP contribution in [0.25, 0.3) is 0 Å². The molecule has 0 spiro atoms. The second kappa shape index (κ2) is 12.6. The topological polar surface area (TPSA) is 88.7 Å². The number of benzene rings is 2. The number of rotatable bonds is 8. The first kappa shape index (κ1) is 26.6. The minimum absolute atomic E-state index is 0.0557. The van der Waals surface area contributed by atoms with Crippen molar-refractivity contribution in [3.8, 4) is 11.5 Å². The third kappa shape index (κ3) is 8.66. The molecule has 0 fully saturated rings. The Morgan fingerprint density at radius 3 is 2.42 bits per heavy atom. The highest BCUT2D eigenvalue weighted by Crippen LogP contribution is 2.24. The third-order valence-electron chi connectivity index (χ3n) is 4.83. The molecule has 0 saturated heterocycles. The maximum Gasteiger partial charge on any atom is 0.279 e. The van der Waals surface area contributed by atoms with Gasteiger partial charge in [0.2, 0.25) is 0 Å². The average Bonchev–Trinajstić information content (AvgIpc) is 2.75. The van der Waals surface area contributed by atoms with E-state index in [1.165, 1.54) is 0 Å². The van der Waals surface area contributed by atoms with Gasteiger partial charge in [0.25, 0.3) is 11.8 Å². The number of carbonyl (C=O) groups is 2. The van der Waals surface area contributed by atoms with Gasteiger partial charge in [-0.3, -0.25) is 25.8 Å². The fraction of sp³-hybridized carbons (Fsp3) is 0.375. The largest absolute Gasteiger partial charge is 0.493 e. The van der Waals surface area contributed by atoms with Crippen molar-refractivity contribution in [1.82, 2.24) is 16.2 Å². The van der Waals surface area contributed by atoms with Gasteiger partial charge in [-0.1, -0.05) is 35.8 Å². The summed E-state index contributed by atoms with van der Waals surface area (Å²) in [6, 6.07) is 10.8. The lowest BCUT2D eigenvalue weighted by Gasteiger charge is -2.17. The first-order valence-corrected chi connectivity index (χ1v) is 11.8. The van der Waals surface area contributed by atoms with E-state index in [0.717, 1.165) is 22.0 Å². The van der Waals surface area contributed by atoms with Gasteiger partial charge in [0.05, 0.1) is 12.2 Å². The van der Waals surface area contributed by atoms with Gasteiger partial charge in [0.15, 0.2) is 11.2 Å². The van der Waals surface area contributed by atoms with Crippen LogP contribution in [-0.2, 0) is 4.79 Å². The number of amides is 2. The number of carbonyl (C=O) groups excluding carboxylic acids is 2. The van der Waals surface area contributed by atoms with E-state index in [0.29, 0.717) is 29.6 Å². The summed E-state index contributed by atoms with van der Waals surface area (Å²) >= 11 is 8.51. The average molecular weight is 536 g/mol. The van der Waals surface area contributed by atoms with E-state index in [1.54, 1.807) is 25.1 Å². The second-order valence-electron chi connectivity index (χ2n) is 8.08. The molecule has 178 valence electrons. The van der Waals surface area contributed by atoms with E-state index in [9.17, 15) is 9.59 Å². The Kier molecular flexibility index (Phi) is 10.1. The summed E-state index contributed by atoms with van der Waals surface area (Å²) in [6.07, 6.45) is 0.0927. The van der Waals surface area contributed by atoms with Gasteiger partial charge in [-0.25, -0.2) is 0 Å². The predicted octanol–water partition coefficient (Wildman–Crippen LogP) is 4.59. The van der Waals surface area contributed by atoms with Crippen molar-refractivity contribution in [3.63, 3.8) is 0 Å². The van der Waals surface area contributed by atoms with Crippen LogP contribution in [0.3, 0.4) is 0 Å². The first-order valence-electron chi connectivity index (χ1n) is 10.6. The molecule has 9 heteroatoms. The van der Waals surface area contributed by atoms with Crippen LogP contribution in [0.1, 0.15) is 48.7 Å². The molecule has 3 N–H and O–H groups in total. The van der Waals surface area contributed by atoms with Crippen molar-refractivity contribution < 1.29 is 19.1 Å². The summed E-state index contributed by atoms with van der Waals surface area (Å²) in [6.45, 7) is 10.3. The number of halogens is 1. The maximum atomic E-state index is 12.7. The van der Waals surface area contributed by atoms with E-state index in [1.807, 2.05) is 32.0 Å². The summed E-state index contributed by atoms with van der Waals surface area (Å²) in [5, 5.41) is 2.49. The first-order chi connectivity index (χ1) is 15.6. The molecule has 1 atom stereocenters. The highest BCUT2D eigenvalue weighted by Gasteiger charge is 2.18. The van der Waals surface area contributed by atoms with Crippen LogP contribution in [0.2, 0.25) is 0 Å². The molecule has 0 radical (unpaired) electrons. The van der Waals surface area contributed by atoms with Gasteiger partial charge in [-0.05, 0) is 86.8 Å². The summed E-state index contributed by atoms with van der Waals surface area (Å²) in [5.41, 5.74) is 7.52. The lowest BCUT2D eigenvalue weighted by atomic mass is 10.1. The number of ether oxygens (including phenoxy) is 2. The molecular formula is C24H30BrN3O4S. The van der Waals surface area contributed by atoms with Gasteiger partial charge in [-0.2, -0.15) is 0 Å². The van der Waals surface area contributed by atoms with E-state index >= 15 is 0 Å². The smallest absolute Gasteiger partial charge is 0.279 e.